The summed E-state index contributed by atoms with van der Waals surface area (Å²) < 4.78 is 10.7. The minimum atomic E-state index is -0.964. The summed E-state index contributed by atoms with van der Waals surface area (Å²) in [7, 11) is 3.18. The van der Waals surface area contributed by atoms with E-state index in [9.17, 15) is 9.59 Å². The first-order chi connectivity index (χ1) is 13.5. The Morgan fingerprint density at radius 2 is 1.64 bits per heavy atom. The lowest BCUT2D eigenvalue weighted by Gasteiger charge is -2.29. The lowest BCUT2D eigenvalue weighted by atomic mass is 9.77. The second-order valence-corrected chi connectivity index (χ2v) is 7.04. The van der Waals surface area contributed by atoms with Gasteiger partial charge in [-0.25, -0.2) is 4.79 Å². The molecule has 1 amide bonds. The van der Waals surface area contributed by atoms with Crippen LogP contribution in [-0.2, 0) is 16.8 Å². The largest absolute Gasteiger partial charge is 0.493 e. The van der Waals surface area contributed by atoms with Gasteiger partial charge in [-0.05, 0) is 48.2 Å². The predicted molar refractivity (Wildman–Crippen MR) is 105 cm³/mol. The van der Waals surface area contributed by atoms with E-state index in [2.05, 4.69) is 5.32 Å². The molecule has 0 heterocycles. The fraction of sp³-hybridized carbons (Fsp3) is 0.364. The molecule has 2 N–H and O–H groups in total. The van der Waals surface area contributed by atoms with E-state index in [1.54, 1.807) is 38.5 Å². The summed E-state index contributed by atoms with van der Waals surface area (Å²) in [6, 6.07) is 12.2. The Hall–Kier alpha value is -3.02. The van der Waals surface area contributed by atoms with Gasteiger partial charge >= 0.3 is 5.97 Å². The molecule has 6 nitrogen and oxygen atoms in total. The Morgan fingerprint density at radius 1 is 1.00 bits per heavy atom. The first kappa shape index (κ1) is 19.7. The van der Waals surface area contributed by atoms with Crippen molar-refractivity contribution in [2.24, 2.45) is 0 Å². The molecule has 3 rings (SSSR count). The number of rotatable bonds is 7. The predicted octanol–water partition coefficient (Wildman–Crippen LogP) is 3.53. The molecule has 28 heavy (non-hydrogen) atoms. The summed E-state index contributed by atoms with van der Waals surface area (Å²) in [5, 5.41) is 12.0. The van der Waals surface area contributed by atoms with Gasteiger partial charge in [-0.2, -0.15) is 0 Å². The van der Waals surface area contributed by atoms with Gasteiger partial charge in [0.25, 0.3) is 0 Å². The van der Waals surface area contributed by atoms with Gasteiger partial charge in [-0.1, -0.05) is 31.0 Å². The number of hydrogen-bond acceptors (Lipinski definition) is 4. The molecule has 148 valence electrons. The van der Waals surface area contributed by atoms with Gasteiger partial charge < -0.3 is 19.9 Å². The number of benzene rings is 2. The zero-order chi connectivity index (χ0) is 20.1. The highest BCUT2D eigenvalue weighted by molar-refractivity contribution is 5.89. The number of amides is 1. The average Bonchev–Trinajstić information content (AvgIpc) is 3.23. The number of carbonyl (C=O) groups is 2. The van der Waals surface area contributed by atoms with E-state index >= 15 is 0 Å². The van der Waals surface area contributed by atoms with E-state index < -0.39 is 11.4 Å². The lowest BCUT2D eigenvalue weighted by Crippen LogP contribution is -2.42. The monoisotopic (exact) mass is 383 g/mol. The molecule has 2 aromatic rings. The summed E-state index contributed by atoms with van der Waals surface area (Å²) in [6.45, 7) is 0.355. The van der Waals surface area contributed by atoms with Crippen LogP contribution in [0.3, 0.4) is 0 Å². The lowest BCUT2D eigenvalue weighted by molar-refractivity contribution is -0.126. The second-order valence-electron chi connectivity index (χ2n) is 7.04. The molecule has 1 fully saturated rings. The molecule has 6 heteroatoms. The molecular weight excluding hydrogens is 358 g/mol. The fourth-order valence-electron chi connectivity index (χ4n) is 3.88. The van der Waals surface area contributed by atoms with Crippen molar-refractivity contribution in [2.75, 3.05) is 14.2 Å². The molecule has 2 aromatic carbocycles. The van der Waals surface area contributed by atoms with Gasteiger partial charge in [0.2, 0.25) is 5.91 Å². The third-order valence-corrected chi connectivity index (χ3v) is 5.48. The van der Waals surface area contributed by atoms with Crippen molar-refractivity contribution in [3.05, 3.63) is 59.2 Å². The molecule has 1 aliphatic carbocycles. The zero-order valence-corrected chi connectivity index (χ0v) is 16.2. The summed E-state index contributed by atoms with van der Waals surface area (Å²) >= 11 is 0. The molecule has 1 saturated carbocycles. The number of ether oxygens (including phenoxy) is 2. The third-order valence-electron chi connectivity index (χ3n) is 5.48. The van der Waals surface area contributed by atoms with Crippen LogP contribution in [0.25, 0.3) is 0 Å². The second kappa shape index (κ2) is 8.33. The maximum atomic E-state index is 13.2. The first-order valence-corrected chi connectivity index (χ1v) is 9.33. The summed E-state index contributed by atoms with van der Waals surface area (Å²) in [4.78, 5) is 24.2. The van der Waals surface area contributed by atoms with Crippen LogP contribution < -0.4 is 14.8 Å². The van der Waals surface area contributed by atoms with Gasteiger partial charge in [-0.3, -0.25) is 4.79 Å². The van der Waals surface area contributed by atoms with Gasteiger partial charge in [0, 0.05) is 6.54 Å². The van der Waals surface area contributed by atoms with Crippen LogP contribution in [0, 0.1) is 0 Å². The number of methoxy groups -OCH3 is 2. The van der Waals surface area contributed by atoms with Crippen LogP contribution in [-0.4, -0.2) is 31.2 Å². The van der Waals surface area contributed by atoms with Gasteiger partial charge in [0.05, 0.1) is 25.2 Å². The highest BCUT2D eigenvalue weighted by atomic mass is 16.5. The smallest absolute Gasteiger partial charge is 0.335 e. The van der Waals surface area contributed by atoms with Crippen LogP contribution in [0.1, 0.15) is 47.2 Å². The van der Waals surface area contributed by atoms with Crippen LogP contribution in [0.5, 0.6) is 11.5 Å². The van der Waals surface area contributed by atoms with Crippen molar-refractivity contribution in [1.29, 1.82) is 0 Å². The maximum Gasteiger partial charge on any atom is 0.335 e. The van der Waals surface area contributed by atoms with Crippen molar-refractivity contribution < 1.29 is 24.2 Å². The average molecular weight is 383 g/mol. The quantitative estimate of drug-likeness (QED) is 0.764. The number of aromatic carboxylic acids is 1. The van der Waals surface area contributed by atoms with Gasteiger partial charge in [-0.15, -0.1) is 0 Å². The maximum absolute atomic E-state index is 13.2. The Kier molecular flexibility index (Phi) is 5.87. The highest BCUT2D eigenvalue weighted by Gasteiger charge is 2.43. The minimum absolute atomic E-state index is 0.0143. The fourth-order valence-corrected chi connectivity index (χ4v) is 3.88. The van der Waals surface area contributed by atoms with Crippen molar-refractivity contribution in [2.45, 2.75) is 37.6 Å². The van der Waals surface area contributed by atoms with E-state index in [4.69, 9.17) is 14.6 Å². The third kappa shape index (κ3) is 3.81. The Bertz CT molecular complexity index is 854. The van der Waals surface area contributed by atoms with Gasteiger partial charge in [0.1, 0.15) is 0 Å². The highest BCUT2D eigenvalue weighted by Crippen LogP contribution is 2.44. The zero-order valence-electron chi connectivity index (χ0n) is 16.2. The summed E-state index contributed by atoms with van der Waals surface area (Å²) in [5.41, 5.74) is 1.44. The topological polar surface area (TPSA) is 84.9 Å². The van der Waals surface area contributed by atoms with E-state index in [1.807, 2.05) is 18.2 Å². The molecule has 0 bridgehead atoms. The standard InChI is InChI=1S/C22H25NO5/c1-27-18-10-9-17(13-19(18)28-2)22(11-3-4-12-22)21(26)23-14-15-5-7-16(8-6-15)20(24)25/h5-10,13H,3-4,11-12,14H2,1-2H3,(H,23,26)(H,24,25). The van der Waals surface area contributed by atoms with Crippen LogP contribution in [0.4, 0.5) is 0 Å². The molecule has 0 aromatic heterocycles. The number of carboxylic acids is 1. The molecule has 0 aliphatic heterocycles. The molecular formula is C22H25NO5. The van der Waals surface area contributed by atoms with E-state index in [-0.39, 0.29) is 11.5 Å². The molecule has 0 spiro atoms. The van der Waals surface area contributed by atoms with E-state index in [0.717, 1.165) is 36.8 Å². The molecule has 0 atom stereocenters. The van der Waals surface area contributed by atoms with E-state index in [1.165, 1.54) is 0 Å². The normalized spacial score (nSPS) is 15.1. The summed E-state index contributed by atoms with van der Waals surface area (Å²) in [6.07, 6.45) is 3.56. The number of carboxylic acid groups (broad SMARTS) is 1. The van der Waals surface area contributed by atoms with E-state index in [0.29, 0.717) is 18.0 Å². The SMILES string of the molecule is COc1ccc(C2(C(=O)NCc3ccc(C(=O)O)cc3)CCCC2)cc1OC. The van der Waals surface area contributed by atoms with Crippen molar-refractivity contribution in [1.82, 2.24) is 5.32 Å². The Morgan fingerprint density at radius 3 is 2.21 bits per heavy atom. The molecule has 0 radical (unpaired) electrons. The minimum Gasteiger partial charge on any atom is -0.493 e. The van der Waals surface area contributed by atoms with Crippen LogP contribution in [0.15, 0.2) is 42.5 Å². The van der Waals surface area contributed by atoms with Crippen LogP contribution >= 0.6 is 0 Å². The van der Waals surface area contributed by atoms with Crippen molar-refractivity contribution >= 4 is 11.9 Å². The molecule has 1 aliphatic rings. The number of hydrogen-bond donors (Lipinski definition) is 2. The van der Waals surface area contributed by atoms with Gasteiger partial charge in [0.15, 0.2) is 11.5 Å². The Labute approximate surface area is 164 Å². The Balaban J connectivity index is 1.79. The number of nitrogens with one attached hydrogen (secondary N) is 1. The van der Waals surface area contributed by atoms with Crippen molar-refractivity contribution in [3.8, 4) is 11.5 Å². The number of carbonyl (C=O) groups excluding carboxylic acids is 1. The molecule has 0 saturated heterocycles. The first-order valence-electron chi connectivity index (χ1n) is 9.33. The van der Waals surface area contributed by atoms with Crippen LogP contribution in [0.2, 0.25) is 0 Å². The van der Waals surface area contributed by atoms with Crippen molar-refractivity contribution in [3.63, 3.8) is 0 Å². The summed E-state index contributed by atoms with van der Waals surface area (Å²) in [5.74, 6) is 0.273. The molecule has 0 unspecified atom stereocenters.